The van der Waals surface area contributed by atoms with Crippen LogP contribution in [0.3, 0.4) is 0 Å². The third kappa shape index (κ3) is 7.75. The van der Waals surface area contributed by atoms with Crippen molar-refractivity contribution in [1.82, 2.24) is 9.80 Å². The molecule has 0 aromatic heterocycles. The van der Waals surface area contributed by atoms with E-state index in [9.17, 15) is 9.59 Å². The molecular weight excluding hydrogens is 572 g/mol. The third-order valence-corrected chi connectivity index (χ3v) is 9.26. The molecule has 1 N–H and O–H groups in total. The quantitative estimate of drug-likeness (QED) is 0.183. The van der Waals surface area contributed by atoms with Crippen LogP contribution in [0.15, 0.2) is 66.7 Å². The van der Waals surface area contributed by atoms with Gasteiger partial charge in [0.15, 0.2) is 0 Å². The van der Waals surface area contributed by atoms with Crippen molar-refractivity contribution in [3.05, 3.63) is 89.0 Å². The molecule has 0 saturated carbocycles. The number of unbranched alkanes of at least 4 members (excludes halogenated alkanes) is 1. The average Bonchev–Trinajstić information content (AvgIpc) is 3.57. The number of hydrogen-bond donors (Lipinski definition) is 1. The minimum absolute atomic E-state index is 0.0641. The Labute approximate surface area is 275 Å². The fourth-order valence-electron chi connectivity index (χ4n) is 6.84. The lowest BCUT2D eigenvalue weighted by Crippen LogP contribution is -2.52. The van der Waals surface area contributed by atoms with E-state index in [0.717, 1.165) is 65.2 Å². The van der Waals surface area contributed by atoms with Gasteiger partial charge in [0.05, 0.1) is 18.3 Å². The highest BCUT2D eigenvalue weighted by atomic mass is 16.5. The first-order valence-electron chi connectivity index (χ1n) is 17.3. The molecule has 2 aliphatic heterocycles. The number of carbonyl (C=O) groups excluding carboxylic acids is 2. The Balaban J connectivity index is 1.45. The van der Waals surface area contributed by atoms with Gasteiger partial charge in [-0.15, -0.1) is 0 Å². The average molecular weight is 625 g/mol. The Kier molecular flexibility index (Phi) is 11.4. The first-order valence-corrected chi connectivity index (χ1v) is 17.3. The van der Waals surface area contributed by atoms with Crippen LogP contribution in [0.2, 0.25) is 0 Å². The van der Waals surface area contributed by atoms with Crippen LogP contribution >= 0.6 is 0 Å². The summed E-state index contributed by atoms with van der Waals surface area (Å²) in [5.41, 5.74) is 5.93. The molecule has 3 aromatic rings. The highest BCUT2D eigenvalue weighted by Crippen LogP contribution is 2.41. The molecule has 0 radical (unpaired) electrons. The number of amides is 3. The van der Waals surface area contributed by atoms with E-state index in [2.05, 4.69) is 69.1 Å². The van der Waals surface area contributed by atoms with Gasteiger partial charge in [-0.1, -0.05) is 89.6 Å². The molecule has 2 heterocycles. The molecule has 3 amide bonds. The van der Waals surface area contributed by atoms with Crippen molar-refractivity contribution in [3.8, 4) is 5.75 Å². The molecule has 7 heteroatoms. The van der Waals surface area contributed by atoms with Gasteiger partial charge in [-0.2, -0.15) is 0 Å². The van der Waals surface area contributed by atoms with Crippen molar-refractivity contribution in [1.29, 1.82) is 0 Å². The van der Waals surface area contributed by atoms with Crippen molar-refractivity contribution in [3.63, 3.8) is 0 Å². The Morgan fingerprint density at radius 3 is 2.28 bits per heavy atom. The van der Waals surface area contributed by atoms with Crippen molar-refractivity contribution < 1.29 is 14.3 Å². The summed E-state index contributed by atoms with van der Waals surface area (Å²) in [4.78, 5) is 34.5. The van der Waals surface area contributed by atoms with Gasteiger partial charge in [0.2, 0.25) is 5.91 Å². The predicted molar refractivity (Wildman–Crippen MR) is 188 cm³/mol. The largest absolute Gasteiger partial charge is 0.494 e. The number of ether oxygens (including phenoxy) is 1. The Morgan fingerprint density at radius 2 is 1.59 bits per heavy atom. The maximum absolute atomic E-state index is 14.4. The van der Waals surface area contributed by atoms with E-state index in [1.807, 2.05) is 47.4 Å². The van der Waals surface area contributed by atoms with Crippen LogP contribution in [0.5, 0.6) is 5.75 Å². The zero-order chi connectivity index (χ0) is 32.6. The van der Waals surface area contributed by atoms with Gasteiger partial charge in [0.1, 0.15) is 12.3 Å². The second kappa shape index (κ2) is 15.6. The fraction of sp³-hybridized carbons (Fsp3) is 0.487. The standard InChI is InChI=1S/C39H52N4O3/c1-6-7-24-42-35-20-9-8-17-34(35)38(30-15-12-16-31(26-30)46-25-14-23-41-21-10-11-22-41)43(39(42)45)27-36(44)40-37-32(28(2)3)18-13-19-33(37)29(4)5/h8-9,12-13,15-20,26,28-29,38H,6-7,10-11,14,21-25,27H2,1-5H3,(H,40,44). The second-order valence-electron chi connectivity index (χ2n) is 13.4. The van der Waals surface area contributed by atoms with E-state index in [0.29, 0.717) is 13.2 Å². The molecule has 1 fully saturated rings. The number of para-hydroxylation sites is 2. The van der Waals surface area contributed by atoms with Gasteiger partial charge in [-0.3, -0.25) is 9.69 Å². The van der Waals surface area contributed by atoms with Crippen molar-refractivity contribution in [2.45, 2.75) is 84.6 Å². The predicted octanol–water partition coefficient (Wildman–Crippen LogP) is 8.57. The van der Waals surface area contributed by atoms with Crippen molar-refractivity contribution in [2.24, 2.45) is 0 Å². The molecule has 0 spiro atoms. The number of nitrogens with zero attached hydrogens (tertiary/aromatic N) is 3. The van der Waals surface area contributed by atoms with Crippen LogP contribution in [0, 0.1) is 0 Å². The number of fused-ring (bicyclic) bond motifs is 1. The Bertz CT molecular complexity index is 1450. The van der Waals surface area contributed by atoms with Crippen molar-refractivity contribution in [2.75, 3.05) is 49.5 Å². The van der Waals surface area contributed by atoms with E-state index in [-0.39, 0.29) is 30.3 Å². The van der Waals surface area contributed by atoms with Crippen LogP contribution in [-0.2, 0) is 4.79 Å². The lowest BCUT2D eigenvalue weighted by molar-refractivity contribution is -0.117. The molecule has 46 heavy (non-hydrogen) atoms. The minimum atomic E-state index is -0.426. The lowest BCUT2D eigenvalue weighted by Gasteiger charge is -2.43. The van der Waals surface area contributed by atoms with Crippen LogP contribution in [0.4, 0.5) is 16.2 Å². The summed E-state index contributed by atoms with van der Waals surface area (Å²) in [7, 11) is 0. The minimum Gasteiger partial charge on any atom is -0.494 e. The number of rotatable bonds is 14. The molecule has 1 saturated heterocycles. The fourth-order valence-corrected chi connectivity index (χ4v) is 6.84. The topological polar surface area (TPSA) is 65.1 Å². The van der Waals surface area contributed by atoms with E-state index >= 15 is 0 Å². The SMILES string of the molecule is CCCCN1C(=O)N(CC(=O)Nc2c(C(C)C)cccc2C(C)C)C(c2cccc(OCCCN3CCCC3)c2)c2ccccc21. The van der Waals surface area contributed by atoms with Gasteiger partial charge in [-0.25, -0.2) is 4.79 Å². The highest BCUT2D eigenvalue weighted by molar-refractivity contribution is 6.01. The van der Waals surface area contributed by atoms with Gasteiger partial charge in [-0.05, 0) is 85.5 Å². The highest BCUT2D eigenvalue weighted by Gasteiger charge is 2.39. The van der Waals surface area contributed by atoms with Crippen LogP contribution < -0.4 is 15.0 Å². The van der Waals surface area contributed by atoms with Crippen LogP contribution in [-0.4, -0.2) is 61.1 Å². The first kappa shape index (κ1) is 33.5. The summed E-state index contributed by atoms with van der Waals surface area (Å²) in [6, 6.07) is 21.8. The van der Waals surface area contributed by atoms with E-state index in [1.165, 1.54) is 25.9 Å². The maximum Gasteiger partial charge on any atom is 0.325 e. The monoisotopic (exact) mass is 624 g/mol. The number of nitrogens with one attached hydrogen (secondary N) is 1. The lowest BCUT2D eigenvalue weighted by atomic mass is 9.92. The van der Waals surface area contributed by atoms with Gasteiger partial charge in [0.25, 0.3) is 0 Å². The molecule has 246 valence electrons. The summed E-state index contributed by atoms with van der Waals surface area (Å²) in [6.45, 7) is 15.3. The Morgan fingerprint density at radius 1 is 0.891 bits per heavy atom. The molecule has 7 nitrogen and oxygen atoms in total. The number of anilines is 2. The van der Waals surface area contributed by atoms with Gasteiger partial charge < -0.3 is 19.9 Å². The molecule has 1 atom stereocenters. The molecule has 5 rings (SSSR count). The van der Waals surface area contributed by atoms with E-state index < -0.39 is 6.04 Å². The number of urea groups is 1. The zero-order valence-electron chi connectivity index (χ0n) is 28.4. The molecule has 0 bridgehead atoms. The maximum atomic E-state index is 14.4. The summed E-state index contributed by atoms with van der Waals surface area (Å²) < 4.78 is 6.23. The smallest absolute Gasteiger partial charge is 0.325 e. The zero-order valence-corrected chi connectivity index (χ0v) is 28.4. The number of hydrogen-bond acceptors (Lipinski definition) is 4. The normalized spacial score (nSPS) is 16.8. The van der Waals surface area contributed by atoms with E-state index in [4.69, 9.17) is 4.74 Å². The van der Waals surface area contributed by atoms with Crippen molar-refractivity contribution >= 4 is 23.3 Å². The molecule has 2 aliphatic rings. The summed E-state index contributed by atoms with van der Waals surface area (Å²) >= 11 is 0. The van der Waals surface area contributed by atoms with Gasteiger partial charge in [0, 0.05) is 24.3 Å². The van der Waals surface area contributed by atoms with Crippen LogP contribution in [0.1, 0.15) is 107 Å². The summed E-state index contributed by atoms with van der Waals surface area (Å²) in [5.74, 6) is 1.08. The molecule has 0 aliphatic carbocycles. The third-order valence-electron chi connectivity index (χ3n) is 9.26. The molecule has 1 unspecified atom stereocenters. The Hall–Kier alpha value is -3.84. The van der Waals surface area contributed by atoms with Crippen LogP contribution in [0.25, 0.3) is 0 Å². The summed E-state index contributed by atoms with van der Waals surface area (Å²) in [6.07, 6.45) is 5.40. The number of likely N-dealkylation sites (tertiary alicyclic amines) is 1. The van der Waals surface area contributed by atoms with E-state index in [1.54, 1.807) is 4.90 Å². The van der Waals surface area contributed by atoms with Gasteiger partial charge >= 0.3 is 6.03 Å². The second-order valence-corrected chi connectivity index (χ2v) is 13.4. The number of benzene rings is 3. The molecular formula is C39H52N4O3. The number of carbonyl (C=O) groups is 2. The molecule has 3 aromatic carbocycles. The summed E-state index contributed by atoms with van der Waals surface area (Å²) in [5, 5.41) is 3.25. The first-order chi connectivity index (χ1) is 22.3.